The molecule has 18 heavy (non-hydrogen) atoms. The van der Waals surface area contributed by atoms with Gasteiger partial charge in [0.15, 0.2) is 0 Å². The number of hydrogen-bond acceptors (Lipinski definition) is 4. The molecular weight excluding hydrogens is 250 g/mol. The maximum atomic E-state index is 11.8. The lowest BCUT2D eigenvalue weighted by molar-refractivity contribution is 0.376. The smallest absolute Gasteiger partial charge is 0.211 e. The highest BCUT2D eigenvalue weighted by atomic mass is 32.2. The van der Waals surface area contributed by atoms with Crippen molar-refractivity contribution < 1.29 is 8.42 Å². The third-order valence-corrected chi connectivity index (χ3v) is 4.06. The van der Waals surface area contributed by atoms with Gasteiger partial charge in [0, 0.05) is 18.9 Å². The van der Waals surface area contributed by atoms with Crippen LogP contribution in [-0.2, 0) is 16.4 Å². The van der Waals surface area contributed by atoms with Crippen LogP contribution in [0.1, 0.15) is 19.4 Å². The van der Waals surface area contributed by atoms with Gasteiger partial charge in [-0.2, -0.15) is 0 Å². The molecule has 0 bridgehead atoms. The Labute approximate surface area is 109 Å². The highest BCUT2D eigenvalue weighted by Gasteiger charge is 2.19. The van der Waals surface area contributed by atoms with Crippen LogP contribution >= 0.6 is 0 Å². The van der Waals surface area contributed by atoms with E-state index in [0.717, 1.165) is 5.56 Å². The van der Waals surface area contributed by atoms with Crippen molar-refractivity contribution in [3.8, 4) is 0 Å². The summed E-state index contributed by atoms with van der Waals surface area (Å²) in [6, 6.07) is 3.64. The van der Waals surface area contributed by atoms with Crippen LogP contribution in [0.5, 0.6) is 0 Å². The molecule has 1 rings (SSSR count). The molecule has 1 aromatic heterocycles. The predicted octanol–water partition coefficient (Wildman–Crippen LogP) is 0.528. The Bertz CT molecular complexity index is 457. The van der Waals surface area contributed by atoms with Crippen LogP contribution in [0.2, 0.25) is 0 Å². The van der Waals surface area contributed by atoms with Crippen LogP contribution in [0.15, 0.2) is 24.5 Å². The number of rotatable bonds is 7. The molecule has 0 aliphatic rings. The first-order chi connectivity index (χ1) is 8.35. The van der Waals surface area contributed by atoms with Gasteiger partial charge in [-0.15, -0.1) is 0 Å². The normalized spacial score (nSPS) is 12.6. The first-order valence-corrected chi connectivity index (χ1v) is 7.56. The van der Waals surface area contributed by atoms with Crippen molar-refractivity contribution in [1.29, 1.82) is 0 Å². The summed E-state index contributed by atoms with van der Waals surface area (Å²) in [5.74, 6) is 0.0810. The second-order valence-electron chi connectivity index (χ2n) is 5.11. The van der Waals surface area contributed by atoms with Crippen molar-refractivity contribution in [3.63, 3.8) is 0 Å². The van der Waals surface area contributed by atoms with Gasteiger partial charge < -0.3 is 5.73 Å². The van der Waals surface area contributed by atoms with Gasteiger partial charge in [-0.3, -0.25) is 4.98 Å². The molecule has 102 valence electrons. The largest absolute Gasteiger partial charge is 0.330 e. The van der Waals surface area contributed by atoms with E-state index in [0.29, 0.717) is 19.5 Å². The van der Waals surface area contributed by atoms with Crippen molar-refractivity contribution in [2.24, 2.45) is 11.1 Å². The maximum absolute atomic E-state index is 11.8. The van der Waals surface area contributed by atoms with Gasteiger partial charge in [-0.05, 0) is 36.1 Å². The van der Waals surface area contributed by atoms with E-state index in [2.05, 4.69) is 9.71 Å². The third kappa shape index (κ3) is 5.57. The van der Waals surface area contributed by atoms with Gasteiger partial charge in [0.1, 0.15) is 0 Å². The molecule has 6 heteroatoms. The van der Waals surface area contributed by atoms with Crippen molar-refractivity contribution in [2.45, 2.75) is 20.3 Å². The summed E-state index contributed by atoms with van der Waals surface area (Å²) < 4.78 is 26.2. The number of hydrogen-bond donors (Lipinski definition) is 2. The molecule has 3 N–H and O–H groups in total. The lowest BCUT2D eigenvalue weighted by Gasteiger charge is -2.22. The minimum Gasteiger partial charge on any atom is -0.330 e. The first kappa shape index (κ1) is 15.1. The van der Waals surface area contributed by atoms with Crippen LogP contribution in [0.25, 0.3) is 0 Å². The van der Waals surface area contributed by atoms with E-state index in [9.17, 15) is 8.42 Å². The molecule has 5 nitrogen and oxygen atoms in total. The Hall–Kier alpha value is -0.980. The zero-order chi connectivity index (χ0) is 13.6. The molecule has 0 aliphatic heterocycles. The Balaban J connectivity index is 2.46. The average molecular weight is 271 g/mol. The highest BCUT2D eigenvalue weighted by molar-refractivity contribution is 7.89. The minimum atomic E-state index is -3.25. The standard InChI is InChI=1S/C12H21N3O2S/c1-12(2,9-13)10-15-18(16,17)8-5-11-3-6-14-7-4-11/h3-4,6-7,15H,5,8-10,13H2,1-2H3. The van der Waals surface area contributed by atoms with Crippen LogP contribution in [0, 0.1) is 5.41 Å². The molecule has 0 spiro atoms. The second-order valence-corrected chi connectivity index (χ2v) is 7.04. The summed E-state index contributed by atoms with van der Waals surface area (Å²) in [6.07, 6.45) is 3.81. The van der Waals surface area contributed by atoms with E-state index >= 15 is 0 Å². The highest BCUT2D eigenvalue weighted by Crippen LogP contribution is 2.11. The van der Waals surface area contributed by atoms with E-state index in [1.54, 1.807) is 12.4 Å². The van der Waals surface area contributed by atoms with E-state index in [4.69, 9.17) is 5.73 Å². The number of nitrogens with one attached hydrogen (secondary N) is 1. The summed E-state index contributed by atoms with van der Waals surface area (Å²) in [5.41, 5.74) is 6.31. The van der Waals surface area contributed by atoms with Crippen LogP contribution in [0.4, 0.5) is 0 Å². The lowest BCUT2D eigenvalue weighted by Crippen LogP contribution is -2.39. The predicted molar refractivity (Wildman–Crippen MR) is 72.6 cm³/mol. The molecular formula is C12H21N3O2S. The fraction of sp³-hybridized carbons (Fsp3) is 0.583. The van der Waals surface area contributed by atoms with Crippen molar-refractivity contribution >= 4 is 10.0 Å². The van der Waals surface area contributed by atoms with E-state index in [1.807, 2.05) is 26.0 Å². The summed E-state index contributed by atoms with van der Waals surface area (Å²) >= 11 is 0. The minimum absolute atomic E-state index is 0.0810. The van der Waals surface area contributed by atoms with Gasteiger partial charge >= 0.3 is 0 Å². The molecule has 1 heterocycles. The molecule has 0 saturated heterocycles. The number of nitrogens with zero attached hydrogens (tertiary/aromatic N) is 1. The molecule has 0 aliphatic carbocycles. The number of aromatic nitrogens is 1. The molecule has 0 amide bonds. The van der Waals surface area contributed by atoms with Crippen LogP contribution < -0.4 is 10.5 Å². The van der Waals surface area contributed by atoms with Crippen molar-refractivity contribution in [1.82, 2.24) is 9.71 Å². The first-order valence-electron chi connectivity index (χ1n) is 5.91. The zero-order valence-corrected chi connectivity index (χ0v) is 11.7. The third-order valence-electron chi connectivity index (χ3n) is 2.73. The number of aryl methyl sites for hydroxylation is 1. The Kier molecular flexibility index (Phi) is 5.25. The summed E-state index contributed by atoms with van der Waals surface area (Å²) in [7, 11) is -3.25. The van der Waals surface area contributed by atoms with E-state index in [-0.39, 0.29) is 11.2 Å². The average Bonchev–Trinajstić information content (AvgIpc) is 2.36. The van der Waals surface area contributed by atoms with Crippen LogP contribution in [0.3, 0.4) is 0 Å². The topological polar surface area (TPSA) is 85.1 Å². The summed E-state index contributed by atoms with van der Waals surface area (Å²) in [5, 5.41) is 0. The summed E-state index contributed by atoms with van der Waals surface area (Å²) in [4.78, 5) is 3.89. The molecule has 0 unspecified atom stereocenters. The Morgan fingerprint density at radius 1 is 1.33 bits per heavy atom. The molecule has 0 radical (unpaired) electrons. The Morgan fingerprint density at radius 3 is 2.50 bits per heavy atom. The molecule has 0 saturated carbocycles. The SMILES string of the molecule is CC(C)(CN)CNS(=O)(=O)CCc1ccncc1. The summed E-state index contributed by atoms with van der Waals surface area (Å²) in [6.45, 7) is 4.67. The molecule has 0 atom stereocenters. The van der Waals surface area contributed by atoms with Crippen molar-refractivity contribution in [3.05, 3.63) is 30.1 Å². The monoisotopic (exact) mass is 271 g/mol. The molecule has 0 aromatic carbocycles. The Morgan fingerprint density at radius 2 is 1.94 bits per heavy atom. The van der Waals surface area contributed by atoms with Gasteiger partial charge in [0.25, 0.3) is 0 Å². The van der Waals surface area contributed by atoms with Gasteiger partial charge in [-0.1, -0.05) is 13.8 Å². The molecule has 1 aromatic rings. The van der Waals surface area contributed by atoms with Crippen LogP contribution in [-0.4, -0.2) is 32.2 Å². The van der Waals surface area contributed by atoms with Gasteiger partial charge in [0.2, 0.25) is 10.0 Å². The van der Waals surface area contributed by atoms with Gasteiger partial charge in [0.05, 0.1) is 5.75 Å². The van der Waals surface area contributed by atoms with E-state index < -0.39 is 10.0 Å². The molecule has 0 fully saturated rings. The number of nitrogens with two attached hydrogens (primary N) is 1. The maximum Gasteiger partial charge on any atom is 0.211 e. The number of pyridine rings is 1. The zero-order valence-electron chi connectivity index (χ0n) is 10.9. The van der Waals surface area contributed by atoms with Gasteiger partial charge in [-0.25, -0.2) is 13.1 Å². The van der Waals surface area contributed by atoms with E-state index in [1.165, 1.54) is 0 Å². The fourth-order valence-corrected chi connectivity index (χ4v) is 2.51. The lowest BCUT2D eigenvalue weighted by atomic mass is 9.95. The van der Waals surface area contributed by atoms with Crippen molar-refractivity contribution in [2.75, 3.05) is 18.8 Å². The quantitative estimate of drug-likeness (QED) is 0.757. The number of sulfonamides is 1. The fourth-order valence-electron chi connectivity index (χ4n) is 1.25. The second kappa shape index (κ2) is 6.26.